The normalized spacial score (nSPS) is 22.3. The molecule has 1 saturated heterocycles. The Morgan fingerprint density at radius 3 is 2.47 bits per heavy atom. The molecule has 0 radical (unpaired) electrons. The lowest BCUT2D eigenvalue weighted by Crippen LogP contribution is -2.46. The van der Waals surface area contributed by atoms with Crippen LogP contribution in [0.3, 0.4) is 0 Å². The third kappa shape index (κ3) is 5.02. The van der Waals surface area contributed by atoms with Crippen LogP contribution in [0.1, 0.15) is 33.1 Å². The molecule has 0 spiro atoms. The summed E-state index contributed by atoms with van der Waals surface area (Å²) in [5.41, 5.74) is 0. The van der Waals surface area contributed by atoms with Crippen LogP contribution in [0, 0.1) is 0 Å². The van der Waals surface area contributed by atoms with E-state index in [-0.39, 0.29) is 24.7 Å². The first kappa shape index (κ1) is 14.4. The van der Waals surface area contributed by atoms with Crippen LogP contribution in [-0.2, 0) is 9.53 Å². The Morgan fingerprint density at radius 1 is 1.41 bits per heavy atom. The zero-order valence-corrected chi connectivity index (χ0v) is 10.6. The van der Waals surface area contributed by atoms with Crippen LogP contribution in [0.25, 0.3) is 0 Å². The lowest BCUT2D eigenvalue weighted by Gasteiger charge is -2.37. The number of hydrogen-bond acceptors (Lipinski definition) is 4. The molecule has 0 aliphatic carbocycles. The van der Waals surface area contributed by atoms with Gasteiger partial charge in [0.2, 0.25) is 0 Å². The maximum atomic E-state index is 10.3. The smallest absolute Gasteiger partial charge is 0.305 e. The molecule has 1 rings (SSSR count). The van der Waals surface area contributed by atoms with E-state index >= 15 is 0 Å². The molecule has 2 N–H and O–H groups in total. The average molecular weight is 245 g/mol. The summed E-state index contributed by atoms with van der Waals surface area (Å²) in [6.07, 6.45) is 1.75. The van der Waals surface area contributed by atoms with Crippen molar-refractivity contribution in [2.45, 2.75) is 51.4 Å². The number of piperidine rings is 1. The third-order valence-corrected chi connectivity index (χ3v) is 3.42. The van der Waals surface area contributed by atoms with E-state index in [1.807, 2.05) is 6.92 Å². The molecular weight excluding hydrogens is 222 g/mol. The van der Waals surface area contributed by atoms with Crippen LogP contribution in [0.5, 0.6) is 0 Å². The molecule has 100 valence electrons. The second-order valence-corrected chi connectivity index (χ2v) is 4.73. The fraction of sp³-hybridized carbons (Fsp3) is 0.917. The molecular formula is C12H23NO4. The number of likely N-dealkylation sites (tertiary alicyclic amines) is 1. The van der Waals surface area contributed by atoms with Crippen LogP contribution >= 0.6 is 0 Å². The zero-order valence-electron chi connectivity index (χ0n) is 10.6. The first-order valence-corrected chi connectivity index (χ1v) is 6.26. The molecule has 0 aromatic rings. The van der Waals surface area contributed by atoms with Crippen molar-refractivity contribution in [1.29, 1.82) is 0 Å². The lowest BCUT2D eigenvalue weighted by atomic mass is 10.0. The minimum atomic E-state index is -0.815. The van der Waals surface area contributed by atoms with E-state index < -0.39 is 5.97 Å². The second kappa shape index (κ2) is 6.93. The average Bonchev–Trinajstić information content (AvgIpc) is 2.28. The summed E-state index contributed by atoms with van der Waals surface area (Å²) in [4.78, 5) is 12.6. The number of rotatable bonds is 6. The molecule has 1 heterocycles. The van der Waals surface area contributed by atoms with Crippen LogP contribution in [0.15, 0.2) is 0 Å². The summed E-state index contributed by atoms with van der Waals surface area (Å²) >= 11 is 0. The van der Waals surface area contributed by atoms with Gasteiger partial charge in [-0.2, -0.15) is 0 Å². The number of nitrogens with zero attached hydrogens (tertiary/aromatic N) is 1. The standard InChI is InChI=1S/C12H23NO4/c1-9(10(2)14)13-6-3-11(4-7-13)17-8-5-12(15)16/h9-11,14H,3-8H2,1-2H3,(H,15,16). The molecule has 0 bridgehead atoms. The minimum Gasteiger partial charge on any atom is -0.481 e. The maximum Gasteiger partial charge on any atom is 0.305 e. The lowest BCUT2D eigenvalue weighted by molar-refractivity contribution is -0.139. The summed E-state index contributed by atoms with van der Waals surface area (Å²) in [6.45, 7) is 5.94. The molecule has 1 aliphatic rings. The van der Waals surface area contributed by atoms with Gasteiger partial charge in [-0.3, -0.25) is 9.69 Å². The van der Waals surface area contributed by atoms with Gasteiger partial charge in [-0.25, -0.2) is 0 Å². The molecule has 1 aliphatic heterocycles. The zero-order chi connectivity index (χ0) is 12.8. The van der Waals surface area contributed by atoms with Crippen molar-refractivity contribution in [3.05, 3.63) is 0 Å². The van der Waals surface area contributed by atoms with Crippen LogP contribution in [0.2, 0.25) is 0 Å². The van der Waals surface area contributed by atoms with Gasteiger partial charge in [0, 0.05) is 19.1 Å². The monoisotopic (exact) mass is 245 g/mol. The molecule has 5 nitrogen and oxygen atoms in total. The molecule has 0 aromatic carbocycles. The summed E-state index contributed by atoms with van der Waals surface area (Å²) in [5, 5.41) is 18.0. The van der Waals surface area contributed by atoms with E-state index in [2.05, 4.69) is 4.90 Å². The number of carboxylic acid groups (broad SMARTS) is 1. The van der Waals surface area contributed by atoms with Crippen molar-refractivity contribution in [3.63, 3.8) is 0 Å². The van der Waals surface area contributed by atoms with Crippen molar-refractivity contribution in [1.82, 2.24) is 4.90 Å². The van der Waals surface area contributed by atoms with Crippen LogP contribution in [0.4, 0.5) is 0 Å². The summed E-state index contributed by atoms with van der Waals surface area (Å²) in [5.74, 6) is -0.815. The van der Waals surface area contributed by atoms with Crippen molar-refractivity contribution >= 4 is 5.97 Å². The van der Waals surface area contributed by atoms with Gasteiger partial charge in [-0.05, 0) is 26.7 Å². The fourth-order valence-corrected chi connectivity index (χ4v) is 2.07. The van der Waals surface area contributed by atoms with E-state index in [1.165, 1.54) is 0 Å². The molecule has 2 atom stereocenters. The Labute approximate surface area is 102 Å². The molecule has 2 unspecified atom stereocenters. The summed E-state index contributed by atoms with van der Waals surface area (Å²) in [7, 11) is 0. The molecule has 17 heavy (non-hydrogen) atoms. The Hall–Kier alpha value is -0.650. The van der Waals surface area contributed by atoms with E-state index in [9.17, 15) is 9.90 Å². The highest BCUT2D eigenvalue weighted by Crippen LogP contribution is 2.17. The van der Waals surface area contributed by atoms with Gasteiger partial charge in [0.15, 0.2) is 0 Å². The Bertz CT molecular complexity index is 237. The van der Waals surface area contributed by atoms with Crippen LogP contribution in [-0.4, -0.2) is 59.0 Å². The van der Waals surface area contributed by atoms with E-state index in [0.29, 0.717) is 6.61 Å². The predicted octanol–water partition coefficient (Wildman–Crippen LogP) is 0.711. The number of hydrogen-bond donors (Lipinski definition) is 2. The number of aliphatic carboxylic acids is 1. The van der Waals surface area contributed by atoms with Gasteiger partial charge in [0.25, 0.3) is 0 Å². The van der Waals surface area contributed by atoms with Gasteiger partial charge in [-0.1, -0.05) is 0 Å². The first-order chi connectivity index (χ1) is 8.00. The van der Waals surface area contributed by atoms with E-state index in [0.717, 1.165) is 25.9 Å². The Balaban J connectivity index is 2.19. The molecule has 1 fully saturated rings. The van der Waals surface area contributed by atoms with Crippen LogP contribution < -0.4 is 0 Å². The van der Waals surface area contributed by atoms with Crippen molar-refractivity contribution in [2.24, 2.45) is 0 Å². The number of aliphatic hydroxyl groups excluding tert-OH is 1. The van der Waals surface area contributed by atoms with Crippen molar-refractivity contribution in [3.8, 4) is 0 Å². The SMILES string of the molecule is CC(O)C(C)N1CCC(OCCC(=O)O)CC1. The minimum absolute atomic E-state index is 0.0737. The number of carboxylic acids is 1. The first-order valence-electron chi connectivity index (χ1n) is 6.26. The van der Waals surface area contributed by atoms with E-state index in [4.69, 9.17) is 9.84 Å². The molecule has 0 aromatic heterocycles. The molecule has 0 amide bonds. The summed E-state index contributed by atoms with van der Waals surface area (Å²) < 4.78 is 5.51. The van der Waals surface area contributed by atoms with Gasteiger partial charge in [-0.15, -0.1) is 0 Å². The highest BCUT2D eigenvalue weighted by Gasteiger charge is 2.25. The predicted molar refractivity (Wildman–Crippen MR) is 63.9 cm³/mol. The Kier molecular flexibility index (Phi) is 5.88. The highest BCUT2D eigenvalue weighted by molar-refractivity contribution is 5.66. The largest absolute Gasteiger partial charge is 0.481 e. The van der Waals surface area contributed by atoms with Crippen molar-refractivity contribution < 1.29 is 19.7 Å². The second-order valence-electron chi connectivity index (χ2n) is 4.73. The Morgan fingerprint density at radius 2 is 2.00 bits per heavy atom. The van der Waals surface area contributed by atoms with Gasteiger partial charge in [0.1, 0.15) is 0 Å². The quantitative estimate of drug-likeness (QED) is 0.721. The van der Waals surface area contributed by atoms with Gasteiger partial charge >= 0.3 is 5.97 Å². The van der Waals surface area contributed by atoms with Crippen molar-refractivity contribution in [2.75, 3.05) is 19.7 Å². The topological polar surface area (TPSA) is 70.0 Å². The van der Waals surface area contributed by atoms with Gasteiger partial charge in [0.05, 0.1) is 25.2 Å². The number of aliphatic hydroxyl groups is 1. The number of carbonyl (C=O) groups is 1. The molecule has 0 saturated carbocycles. The molecule has 5 heteroatoms. The highest BCUT2D eigenvalue weighted by atomic mass is 16.5. The fourth-order valence-electron chi connectivity index (χ4n) is 2.07. The number of ether oxygens (including phenoxy) is 1. The summed E-state index contributed by atoms with van der Waals surface area (Å²) in [6, 6.07) is 0.176. The maximum absolute atomic E-state index is 10.3. The van der Waals surface area contributed by atoms with E-state index in [1.54, 1.807) is 6.92 Å². The third-order valence-electron chi connectivity index (χ3n) is 3.42. The van der Waals surface area contributed by atoms with Gasteiger partial charge < -0.3 is 14.9 Å².